The number of ether oxygens (including phenoxy) is 1. The van der Waals surface area contributed by atoms with Crippen LogP contribution in [0.25, 0.3) is 0 Å². The van der Waals surface area contributed by atoms with Crippen molar-refractivity contribution in [1.82, 2.24) is 9.88 Å². The fourth-order valence-corrected chi connectivity index (χ4v) is 3.18. The average molecular weight is 392 g/mol. The Hall–Kier alpha value is -2.57. The number of hydrogen-bond acceptors (Lipinski definition) is 3. The van der Waals surface area contributed by atoms with Crippen LogP contribution in [0.2, 0.25) is 0 Å². The summed E-state index contributed by atoms with van der Waals surface area (Å²) in [5.41, 5.74) is 1.37. The molecule has 1 unspecified atom stereocenters. The van der Waals surface area contributed by atoms with Crippen LogP contribution in [-0.2, 0) is 17.4 Å². The molecule has 3 rings (SSSR count). The number of carbonyl (C=O) groups is 1. The van der Waals surface area contributed by atoms with E-state index in [-0.39, 0.29) is 17.9 Å². The molecule has 1 aliphatic heterocycles. The molecule has 7 heteroatoms. The van der Waals surface area contributed by atoms with Crippen molar-refractivity contribution in [3.05, 3.63) is 59.3 Å². The molecule has 4 nitrogen and oxygen atoms in total. The van der Waals surface area contributed by atoms with Gasteiger partial charge in [0, 0.05) is 25.2 Å². The highest BCUT2D eigenvalue weighted by Crippen LogP contribution is 2.31. The summed E-state index contributed by atoms with van der Waals surface area (Å²) >= 11 is 0. The first-order valence-electron chi connectivity index (χ1n) is 9.29. The molecule has 0 aliphatic carbocycles. The molecular weight excluding hydrogens is 369 g/mol. The second-order valence-electron chi connectivity index (χ2n) is 7.32. The fourth-order valence-electron chi connectivity index (χ4n) is 3.18. The van der Waals surface area contributed by atoms with Gasteiger partial charge in [0.05, 0.1) is 18.5 Å². The van der Waals surface area contributed by atoms with E-state index in [4.69, 9.17) is 4.74 Å². The van der Waals surface area contributed by atoms with Crippen LogP contribution < -0.4 is 4.74 Å². The summed E-state index contributed by atoms with van der Waals surface area (Å²) in [5.74, 6) is 0.351. The summed E-state index contributed by atoms with van der Waals surface area (Å²) in [5, 5.41) is 0. The molecule has 28 heavy (non-hydrogen) atoms. The summed E-state index contributed by atoms with van der Waals surface area (Å²) in [4.78, 5) is 18.1. The number of likely N-dealkylation sites (tertiary alicyclic amines) is 1. The number of carbonyl (C=O) groups excluding carboxylic acids is 1. The van der Waals surface area contributed by atoms with Crippen LogP contribution >= 0.6 is 0 Å². The lowest BCUT2D eigenvalue weighted by Gasteiger charge is -2.17. The van der Waals surface area contributed by atoms with Gasteiger partial charge in [-0.2, -0.15) is 13.2 Å². The lowest BCUT2D eigenvalue weighted by molar-refractivity contribution is -0.137. The third-order valence-electron chi connectivity index (χ3n) is 4.85. The largest absolute Gasteiger partial charge is 0.472 e. The normalized spacial score (nSPS) is 17.2. The van der Waals surface area contributed by atoms with Gasteiger partial charge >= 0.3 is 6.18 Å². The standard InChI is InChI=1S/C21H23F3N2O2/c1-14(2)16-5-3-15(4-6-16)11-20(27)26-10-8-18(13-26)28-19-12-17(7-9-25-19)21(22,23)24/h3-7,9,12,14,18H,8,10-11,13H2,1-2H3. The molecule has 0 saturated carbocycles. The maximum atomic E-state index is 12.8. The quantitative estimate of drug-likeness (QED) is 0.755. The summed E-state index contributed by atoms with van der Waals surface area (Å²) in [7, 11) is 0. The molecule has 0 bridgehead atoms. The van der Waals surface area contributed by atoms with E-state index in [0.29, 0.717) is 31.8 Å². The average Bonchev–Trinajstić information content (AvgIpc) is 3.10. The number of aromatic nitrogens is 1. The van der Waals surface area contributed by atoms with Crippen molar-refractivity contribution in [3.8, 4) is 5.88 Å². The van der Waals surface area contributed by atoms with Crippen LogP contribution in [0.5, 0.6) is 5.88 Å². The van der Waals surface area contributed by atoms with Gasteiger partial charge in [-0.05, 0) is 23.1 Å². The van der Waals surface area contributed by atoms with E-state index in [0.717, 1.165) is 23.9 Å². The smallest absolute Gasteiger partial charge is 0.416 e. The van der Waals surface area contributed by atoms with Crippen LogP contribution in [0.15, 0.2) is 42.6 Å². The monoisotopic (exact) mass is 392 g/mol. The Kier molecular flexibility index (Phi) is 5.91. The molecule has 1 amide bonds. The van der Waals surface area contributed by atoms with Crippen molar-refractivity contribution in [2.24, 2.45) is 0 Å². The van der Waals surface area contributed by atoms with E-state index in [9.17, 15) is 18.0 Å². The minimum atomic E-state index is -4.44. The van der Waals surface area contributed by atoms with Gasteiger partial charge in [-0.25, -0.2) is 4.98 Å². The first-order valence-corrected chi connectivity index (χ1v) is 9.29. The molecular formula is C21H23F3N2O2. The third-order valence-corrected chi connectivity index (χ3v) is 4.85. The number of rotatable bonds is 5. The van der Waals surface area contributed by atoms with E-state index >= 15 is 0 Å². The maximum absolute atomic E-state index is 12.8. The molecule has 0 spiro atoms. The first-order chi connectivity index (χ1) is 13.2. The van der Waals surface area contributed by atoms with Gasteiger partial charge in [0.2, 0.25) is 11.8 Å². The van der Waals surface area contributed by atoms with Crippen molar-refractivity contribution >= 4 is 5.91 Å². The number of nitrogens with zero attached hydrogens (tertiary/aromatic N) is 2. The van der Waals surface area contributed by atoms with Gasteiger partial charge in [-0.1, -0.05) is 38.1 Å². The van der Waals surface area contributed by atoms with Crippen molar-refractivity contribution in [3.63, 3.8) is 0 Å². The van der Waals surface area contributed by atoms with E-state index in [1.165, 1.54) is 5.56 Å². The Morgan fingerprint density at radius 3 is 2.61 bits per heavy atom. The summed E-state index contributed by atoms with van der Waals surface area (Å²) in [6.07, 6.45) is -2.85. The van der Waals surface area contributed by atoms with Gasteiger partial charge in [0.25, 0.3) is 0 Å². The van der Waals surface area contributed by atoms with E-state index in [2.05, 4.69) is 18.8 Å². The molecule has 1 fully saturated rings. The molecule has 2 aromatic rings. The lowest BCUT2D eigenvalue weighted by atomic mass is 10.0. The number of halogens is 3. The number of alkyl halides is 3. The lowest BCUT2D eigenvalue weighted by Crippen LogP contribution is -2.32. The fraction of sp³-hybridized carbons (Fsp3) is 0.429. The molecule has 2 heterocycles. The SMILES string of the molecule is CC(C)c1ccc(CC(=O)N2CCC(Oc3cc(C(F)(F)F)ccn3)C2)cc1. The Balaban J connectivity index is 1.55. The van der Waals surface area contributed by atoms with E-state index < -0.39 is 11.7 Å². The predicted octanol–water partition coefficient (Wildman–Crippen LogP) is 4.45. The molecule has 150 valence electrons. The minimum Gasteiger partial charge on any atom is -0.472 e. The number of amides is 1. The number of pyridine rings is 1. The Labute approximate surface area is 162 Å². The van der Waals surface area contributed by atoms with Crippen molar-refractivity contribution < 1.29 is 22.7 Å². The van der Waals surface area contributed by atoms with Gasteiger partial charge < -0.3 is 9.64 Å². The van der Waals surface area contributed by atoms with Crippen molar-refractivity contribution in [1.29, 1.82) is 0 Å². The second kappa shape index (κ2) is 8.20. The molecule has 1 atom stereocenters. The molecule has 1 aromatic heterocycles. The van der Waals surface area contributed by atoms with Crippen LogP contribution in [0, 0.1) is 0 Å². The summed E-state index contributed by atoms with van der Waals surface area (Å²) in [6.45, 7) is 5.10. The van der Waals surface area contributed by atoms with Crippen molar-refractivity contribution in [2.75, 3.05) is 13.1 Å². The zero-order valence-corrected chi connectivity index (χ0v) is 15.9. The van der Waals surface area contributed by atoms with Gasteiger partial charge in [-0.3, -0.25) is 4.79 Å². The molecule has 1 aliphatic rings. The zero-order valence-electron chi connectivity index (χ0n) is 15.9. The van der Waals surface area contributed by atoms with Crippen LogP contribution in [-0.4, -0.2) is 35.0 Å². The first kappa shape index (κ1) is 20.2. The highest BCUT2D eigenvalue weighted by Gasteiger charge is 2.32. The second-order valence-corrected chi connectivity index (χ2v) is 7.32. The molecule has 1 saturated heterocycles. The van der Waals surface area contributed by atoms with Gasteiger partial charge in [0.1, 0.15) is 6.10 Å². The topological polar surface area (TPSA) is 42.4 Å². The highest BCUT2D eigenvalue weighted by molar-refractivity contribution is 5.79. The Morgan fingerprint density at radius 2 is 1.96 bits per heavy atom. The molecule has 1 aromatic carbocycles. The maximum Gasteiger partial charge on any atom is 0.416 e. The number of benzene rings is 1. The Bertz CT molecular complexity index is 819. The summed E-state index contributed by atoms with van der Waals surface area (Å²) in [6, 6.07) is 9.78. The van der Waals surface area contributed by atoms with E-state index in [1.807, 2.05) is 24.3 Å². The Morgan fingerprint density at radius 1 is 1.25 bits per heavy atom. The summed E-state index contributed by atoms with van der Waals surface area (Å²) < 4.78 is 43.9. The van der Waals surface area contributed by atoms with Gasteiger partial charge in [-0.15, -0.1) is 0 Å². The van der Waals surface area contributed by atoms with Crippen LogP contribution in [0.3, 0.4) is 0 Å². The van der Waals surface area contributed by atoms with Gasteiger partial charge in [0.15, 0.2) is 0 Å². The predicted molar refractivity (Wildman–Crippen MR) is 99.1 cm³/mol. The van der Waals surface area contributed by atoms with Crippen molar-refractivity contribution in [2.45, 2.75) is 44.9 Å². The molecule has 0 radical (unpaired) electrons. The molecule has 0 N–H and O–H groups in total. The third kappa shape index (κ3) is 5.03. The van der Waals surface area contributed by atoms with E-state index in [1.54, 1.807) is 4.90 Å². The van der Waals surface area contributed by atoms with Crippen LogP contribution in [0.1, 0.15) is 42.9 Å². The minimum absolute atomic E-state index is 0.0135. The number of hydrogen-bond donors (Lipinski definition) is 0. The zero-order chi connectivity index (χ0) is 20.3. The highest BCUT2D eigenvalue weighted by atomic mass is 19.4. The van der Waals surface area contributed by atoms with Crippen LogP contribution in [0.4, 0.5) is 13.2 Å².